The molecule has 2 aliphatic heterocycles. The lowest BCUT2D eigenvalue weighted by Gasteiger charge is -2.16. The quantitative estimate of drug-likeness (QED) is 0.730. The topological polar surface area (TPSA) is 36.1 Å². The third-order valence-corrected chi connectivity index (χ3v) is 5.73. The van der Waals surface area contributed by atoms with Gasteiger partial charge in [-0.05, 0) is 49.7 Å². The molecule has 0 spiro atoms. The van der Waals surface area contributed by atoms with Gasteiger partial charge in [-0.3, -0.25) is 4.99 Å². The predicted octanol–water partition coefficient (Wildman–Crippen LogP) is 4.81. The summed E-state index contributed by atoms with van der Waals surface area (Å²) in [6, 6.07) is 2.41. The summed E-state index contributed by atoms with van der Waals surface area (Å²) in [6.07, 6.45) is 11.1. The van der Waals surface area contributed by atoms with E-state index in [1.54, 1.807) is 5.57 Å². The van der Waals surface area contributed by atoms with Gasteiger partial charge in [0, 0.05) is 16.6 Å². The molecule has 1 aliphatic carbocycles. The molecule has 3 heteroatoms. The Bertz CT molecular complexity index is 587. The first kappa shape index (κ1) is 14.7. The van der Waals surface area contributed by atoms with E-state index in [0.29, 0.717) is 0 Å². The molecule has 1 atom stereocenters. The van der Waals surface area contributed by atoms with Crippen molar-refractivity contribution in [3.05, 3.63) is 33.8 Å². The molecule has 3 aliphatic rings. The second-order valence-electron chi connectivity index (χ2n) is 5.96. The number of aliphatic imine (C=N–C) groups is 1. The molecule has 0 saturated carbocycles. The molecule has 110 valence electrons. The molecule has 0 bridgehead atoms. The Morgan fingerprint density at radius 1 is 1.43 bits per heavy atom. The lowest BCUT2D eigenvalue weighted by molar-refractivity contribution is 0.584. The fraction of sp³-hybridized carbons (Fsp3) is 0.556. The third kappa shape index (κ3) is 3.16. The van der Waals surface area contributed by atoms with Crippen molar-refractivity contribution >= 4 is 17.5 Å². The Labute approximate surface area is 131 Å². The van der Waals surface area contributed by atoms with Gasteiger partial charge in [-0.2, -0.15) is 5.26 Å². The molecule has 0 saturated heterocycles. The number of nitriles is 1. The minimum atomic E-state index is 0.202. The van der Waals surface area contributed by atoms with E-state index in [1.807, 2.05) is 11.8 Å². The van der Waals surface area contributed by atoms with Gasteiger partial charge in [0.25, 0.3) is 0 Å². The van der Waals surface area contributed by atoms with Gasteiger partial charge >= 0.3 is 0 Å². The van der Waals surface area contributed by atoms with E-state index in [0.717, 1.165) is 38.6 Å². The first-order chi connectivity index (χ1) is 10.3. The van der Waals surface area contributed by atoms with Crippen molar-refractivity contribution in [1.82, 2.24) is 0 Å². The highest BCUT2D eigenvalue weighted by Gasteiger charge is 2.27. The van der Waals surface area contributed by atoms with Gasteiger partial charge in [-0.15, -0.1) is 11.8 Å². The van der Waals surface area contributed by atoms with Crippen molar-refractivity contribution < 1.29 is 0 Å². The van der Waals surface area contributed by atoms with Gasteiger partial charge in [0.2, 0.25) is 0 Å². The van der Waals surface area contributed by atoms with Gasteiger partial charge < -0.3 is 0 Å². The molecule has 0 N–H and O–H groups in total. The Morgan fingerprint density at radius 3 is 3.14 bits per heavy atom. The van der Waals surface area contributed by atoms with Gasteiger partial charge in [0.15, 0.2) is 0 Å². The summed E-state index contributed by atoms with van der Waals surface area (Å²) in [5.74, 6) is 1.44. The Hall–Kier alpha value is -1.27. The van der Waals surface area contributed by atoms with Crippen LogP contribution in [0.3, 0.4) is 0 Å². The number of hydrogen-bond donors (Lipinski definition) is 0. The monoisotopic (exact) mass is 298 g/mol. The molecular weight excluding hydrogens is 276 g/mol. The maximum Gasteiger partial charge on any atom is 0.0746 e. The Balaban J connectivity index is 1.68. The molecule has 21 heavy (non-hydrogen) atoms. The van der Waals surface area contributed by atoms with Gasteiger partial charge in [-0.25, -0.2) is 0 Å². The zero-order valence-corrected chi connectivity index (χ0v) is 13.5. The number of allylic oxidation sites excluding steroid dienone is 5. The Morgan fingerprint density at radius 2 is 2.33 bits per heavy atom. The molecular formula is C18H22N2S. The average Bonchev–Trinajstić information content (AvgIpc) is 3.11. The number of rotatable bonds is 5. The van der Waals surface area contributed by atoms with E-state index in [9.17, 15) is 0 Å². The molecule has 2 nitrogen and oxygen atoms in total. The van der Waals surface area contributed by atoms with Crippen LogP contribution in [0, 0.1) is 17.2 Å². The summed E-state index contributed by atoms with van der Waals surface area (Å²) in [6.45, 7) is 3.03. The highest BCUT2D eigenvalue weighted by molar-refractivity contribution is 8.04. The fourth-order valence-electron chi connectivity index (χ4n) is 3.20. The molecule has 0 radical (unpaired) electrons. The van der Waals surface area contributed by atoms with Gasteiger partial charge in [0.05, 0.1) is 18.3 Å². The lowest BCUT2D eigenvalue weighted by atomic mass is 9.91. The standard InChI is InChI=1S/C18H22N2S/c1-2-13(11-19)6-7-14-4-3-5-15(10-14)17-18-16(12-20-17)8-9-21-18/h4,10,13H,2-3,5-9,12H2,1H3. The van der Waals surface area contributed by atoms with Gasteiger partial charge in [-0.1, -0.05) is 24.6 Å². The predicted molar refractivity (Wildman–Crippen MR) is 90.4 cm³/mol. The molecule has 2 heterocycles. The normalized spacial score (nSPS) is 22.4. The molecule has 0 amide bonds. The number of hydrogen-bond acceptors (Lipinski definition) is 3. The van der Waals surface area contributed by atoms with Crippen LogP contribution in [0.25, 0.3) is 0 Å². The highest BCUT2D eigenvalue weighted by atomic mass is 32.2. The molecule has 0 aromatic heterocycles. The number of nitrogens with zero attached hydrogens (tertiary/aromatic N) is 2. The van der Waals surface area contributed by atoms with Crippen LogP contribution in [-0.2, 0) is 0 Å². The fourth-order valence-corrected chi connectivity index (χ4v) is 4.46. The van der Waals surface area contributed by atoms with Crippen LogP contribution in [0.4, 0.5) is 0 Å². The molecule has 0 aromatic carbocycles. The highest BCUT2D eigenvalue weighted by Crippen LogP contribution is 2.39. The maximum atomic E-state index is 9.07. The third-order valence-electron chi connectivity index (χ3n) is 4.56. The van der Waals surface area contributed by atoms with Crippen molar-refractivity contribution in [3.8, 4) is 6.07 Å². The van der Waals surface area contributed by atoms with Crippen LogP contribution in [0.2, 0.25) is 0 Å². The zero-order chi connectivity index (χ0) is 14.7. The SMILES string of the molecule is CCC(C#N)CCC1=CCCC(C2=NCC3=C2SCC3)=C1. The van der Waals surface area contributed by atoms with Crippen molar-refractivity contribution in [1.29, 1.82) is 5.26 Å². The molecule has 1 unspecified atom stereocenters. The van der Waals surface area contributed by atoms with Crippen LogP contribution >= 0.6 is 11.8 Å². The second-order valence-corrected chi connectivity index (χ2v) is 7.06. The summed E-state index contributed by atoms with van der Waals surface area (Å²) in [5, 5.41) is 9.07. The van der Waals surface area contributed by atoms with E-state index in [1.165, 1.54) is 33.9 Å². The van der Waals surface area contributed by atoms with Crippen molar-refractivity contribution in [3.63, 3.8) is 0 Å². The summed E-state index contributed by atoms with van der Waals surface area (Å²) >= 11 is 1.99. The minimum Gasteiger partial charge on any atom is -0.279 e. The van der Waals surface area contributed by atoms with Gasteiger partial charge in [0.1, 0.15) is 0 Å². The van der Waals surface area contributed by atoms with E-state index in [2.05, 4.69) is 25.1 Å². The smallest absolute Gasteiger partial charge is 0.0746 e. The summed E-state index contributed by atoms with van der Waals surface area (Å²) in [5.41, 5.74) is 5.68. The first-order valence-corrected chi connectivity index (χ1v) is 8.99. The lowest BCUT2D eigenvalue weighted by Crippen LogP contribution is -2.06. The van der Waals surface area contributed by atoms with E-state index < -0.39 is 0 Å². The van der Waals surface area contributed by atoms with Crippen LogP contribution in [0.15, 0.2) is 38.8 Å². The second kappa shape index (κ2) is 6.66. The number of thioether (sulfide) groups is 1. The van der Waals surface area contributed by atoms with E-state index in [-0.39, 0.29) is 5.92 Å². The van der Waals surface area contributed by atoms with Crippen molar-refractivity contribution in [2.24, 2.45) is 10.9 Å². The zero-order valence-electron chi connectivity index (χ0n) is 12.7. The largest absolute Gasteiger partial charge is 0.279 e. The van der Waals surface area contributed by atoms with Crippen LogP contribution < -0.4 is 0 Å². The Kier molecular flexibility index (Phi) is 4.65. The van der Waals surface area contributed by atoms with Crippen LogP contribution in [0.1, 0.15) is 45.4 Å². The van der Waals surface area contributed by atoms with Crippen molar-refractivity contribution in [2.45, 2.75) is 45.4 Å². The maximum absolute atomic E-state index is 9.07. The molecule has 0 aromatic rings. The minimum absolute atomic E-state index is 0.202. The summed E-state index contributed by atoms with van der Waals surface area (Å²) < 4.78 is 0. The van der Waals surface area contributed by atoms with Crippen LogP contribution in [-0.4, -0.2) is 18.0 Å². The van der Waals surface area contributed by atoms with Crippen LogP contribution in [0.5, 0.6) is 0 Å². The van der Waals surface area contributed by atoms with E-state index in [4.69, 9.17) is 10.3 Å². The van der Waals surface area contributed by atoms with Crippen molar-refractivity contribution in [2.75, 3.05) is 12.3 Å². The summed E-state index contributed by atoms with van der Waals surface area (Å²) in [7, 11) is 0. The molecule has 3 rings (SSSR count). The summed E-state index contributed by atoms with van der Waals surface area (Å²) in [4.78, 5) is 6.26. The van der Waals surface area contributed by atoms with E-state index >= 15 is 0 Å². The molecule has 0 fully saturated rings. The first-order valence-electron chi connectivity index (χ1n) is 8.01. The average molecular weight is 298 g/mol.